The van der Waals surface area contributed by atoms with Gasteiger partial charge < -0.3 is 4.74 Å². The van der Waals surface area contributed by atoms with Crippen LogP contribution >= 0.6 is 11.8 Å². The normalized spacial score (nSPS) is 15.1. The van der Waals surface area contributed by atoms with Crippen molar-refractivity contribution in [1.82, 2.24) is 14.8 Å². The maximum Gasteiger partial charge on any atom is 0.319 e. The van der Waals surface area contributed by atoms with Crippen molar-refractivity contribution in [2.75, 3.05) is 6.61 Å². The van der Waals surface area contributed by atoms with E-state index >= 15 is 0 Å². The molecule has 0 saturated heterocycles. The molecule has 140 valence electrons. The van der Waals surface area contributed by atoms with Crippen molar-refractivity contribution in [2.45, 2.75) is 49.9 Å². The Bertz CT molecular complexity index is 994. The van der Waals surface area contributed by atoms with Crippen molar-refractivity contribution in [3.63, 3.8) is 0 Å². The Hall–Kier alpha value is -2.34. The predicted molar refractivity (Wildman–Crippen MR) is 108 cm³/mol. The molecule has 27 heavy (non-hydrogen) atoms. The lowest BCUT2D eigenvalue weighted by atomic mass is 9.99. The average molecular weight is 382 g/mol. The zero-order valence-electron chi connectivity index (χ0n) is 15.8. The van der Waals surface area contributed by atoms with E-state index in [9.17, 15) is 4.79 Å². The van der Waals surface area contributed by atoms with Gasteiger partial charge in [0.2, 0.25) is 0 Å². The summed E-state index contributed by atoms with van der Waals surface area (Å²) in [7, 11) is 0. The first-order valence-corrected chi connectivity index (χ1v) is 10.3. The summed E-state index contributed by atoms with van der Waals surface area (Å²) >= 11 is 1.38. The largest absolute Gasteiger partial charge is 0.465 e. The third kappa shape index (κ3) is 3.46. The van der Waals surface area contributed by atoms with Gasteiger partial charge in [-0.1, -0.05) is 42.1 Å². The van der Waals surface area contributed by atoms with Crippen molar-refractivity contribution in [3.05, 3.63) is 47.8 Å². The van der Waals surface area contributed by atoms with E-state index in [1.165, 1.54) is 40.9 Å². The van der Waals surface area contributed by atoms with Crippen LogP contribution in [0.1, 0.15) is 44.0 Å². The van der Waals surface area contributed by atoms with E-state index in [1.807, 2.05) is 25.3 Å². The lowest BCUT2D eigenvalue weighted by Gasteiger charge is -2.15. The highest BCUT2D eigenvalue weighted by atomic mass is 32.2. The van der Waals surface area contributed by atoms with Crippen LogP contribution in [0.3, 0.4) is 0 Å². The Morgan fingerprint density at radius 2 is 1.96 bits per heavy atom. The van der Waals surface area contributed by atoms with Crippen molar-refractivity contribution >= 4 is 28.5 Å². The molecule has 1 atom stereocenters. The number of esters is 1. The van der Waals surface area contributed by atoms with E-state index in [1.54, 1.807) is 0 Å². The number of rotatable bonds is 6. The molecule has 1 aliphatic carbocycles. The Morgan fingerprint density at radius 3 is 2.67 bits per heavy atom. The molecular weight excluding hydrogens is 358 g/mol. The molecule has 0 N–H and O–H groups in total. The molecule has 0 amide bonds. The van der Waals surface area contributed by atoms with E-state index in [4.69, 9.17) is 4.74 Å². The van der Waals surface area contributed by atoms with E-state index in [0.717, 1.165) is 11.5 Å². The SMILES string of the molecule is CCOC(=O)C(C)Sc1nnc(C)n1-c1ccc(C2CC2)c2ccccc12. The van der Waals surface area contributed by atoms with Gasteiger partial charge in [0.1, 0.15) is 11.1 Å². The van der Waals surface area contributed by atoms with E-state index in [2.05, 4.69) is 46.6 Å². The van der Waals surface area contributed by atoms with Crippen LogP contribution in [0, 0.1) is 6.92 Å². The molecule has 0 spiro atoms. The van der Waals surface area contributed by atoms with E-state index < -0.39 is 0 Å². The van der Waals surface area contributed by atoms with Crippen molar-refractivity contribution in [1.29, 1.82) is 0 Å². The molecule has 3 aromatic rings. The Morgan fingerprint density at radius 1 is 1.22 bits per heavy atom. The van der Waals surface area contributed by atoms with Crippen LogP contribution in [0.25, 0.3) is 16.5 Å². The molecule has 0 aliphatic heterocycles. The van der Waals surface area contributed by atoms with Crippen LogP contribution in [0.2, 0.25) is 0 Å². The molecule has 1 aromatic heterocycles. The summed E-state index contributed by atoms with van der Waals surface area (Å²) in [4.78, 5) is 12.0. The van der Waals surface area contributed by atoms with Crippen LogP contribution in [-0.4, -0.2) is 32.6 Å². The Balaban J connectivity index is 1.77. The maximum atomic E-state index is 12.0. The minimum atomic E-state index is -0.343. The molecule has 1 unspecified atom stereocenters. The third-order valence-electron chi connectivity index (χ3n) is 4.89. The second-order valence-corrected chi connectivity index (χ2v) is 8.18. The van der Waals surface area contributed by atoms with Crippen LogP contribution < -0.4 is 0 Å². The number of aryl methyl sites for hydroxylation is 1. The number of carbonyl (C=O) groups excluding carboxylic acids is 1. The van der Waals surface area contributed by atoms with Gasteiger partial charge in [0.25, 0.3) is 0 Å². The first-order chi connectivity index (χ1) is 13.1. The summed E-state index contributed by atoms with van der Waals surface area (Å²) in [5.41, 5.74) is 2.48. The van der Waals surface area contributed by atoms with Gasteiger partial charge in [-0.25, -0.2) is 0 Å². The zero-order chi connectivity index (χ0) is 19.0. The van der Waals surface area contributed by atoms with Crippen LogP contribution in [0.4, 0.5) is 0 Å². The number of thioether (sulfide) groups is 1. The quantitative estimate of drug-likeness (QED) is 0.459. The molecule has 0 radical (unpaired) electrons. The van der Waals surface area contributed by atoms with E-state index in [0.29, 0.717) is 17.7 Å². The summed E-state index contributed by atoms with van der Waals surface area (Å²) in [6.07, 6.45) is 2.54. The van der Waals surface area contributed by atoms with Gasteiger partial charge >= 0.3 is 5.97 Å². The summed E-state index contributed by atoms with van der Waals surface area (Å²) < 4.78 is 7.17. The summed E-state index contributed by atoms with van der Waals surface area (Å²) in [5, 5.41) is 11.4. The zero-order valence-corrected chi connectivity index (χ0v) is 16.6. The minimum absolute atomic E-state index is 0.233. The third-order valence-corrected chi connectivity index (χ3v) is 5.91. The van der Waals surface area contributed by atoms with Crippen LogP contribution in [-0.2, 0) is 9.53 Å². The van der Waals surface area contributed by atoms with Crippen molar-refractivity contribution in [2.24, 2.45) is 0 Å². The van der Waals surface area contributed by atoms with Gasteiger partial charge in [-0.15, -0.1) is 10.2 Å². The molecule has 2 aromatic carbocycles. The number of benzene rings is 2. The number of carbonyl (C=O) groups is 1. The van der Waals surface area contributed by atoms with Crippen molar-refractivity contribution < 1.29 is 9.53 Å². The molecular formula is C21H23N3O2S. The summed E-state index contributed by atoms with van der Waals surface area (Å²) in [6, 6.07) is 12.9. The van der Waals surface area contributed by atoms with Gasteiger partial charge in [0.05, 0.1) is 12.3 Å². The lowest BCUT2D eigenvalue weighted by Crippen LogP contribution is -2.17. The minimum Gasteiger partial charge on any atom is -0.465 e. The highest BCUT2D eigenvalue weighted by molar-refractivity contribution is 8.00. The summed E-state index contributed by atoms with van der Waals surface area (Å²) in [6.45, 7) is 5.97. The molecule has 1 fully saturated rings. The Kier molecular flexibility index (Phi) is 4.91. The number of hydrogen-bond acceptors (Lipinski definition) is 5. The van der Waals surface area contributed by atoms with Crippen LogP contribution in [0.5, 0.6) is 0 Å². The standard InChI is InChI=1S/C21H23N3O2S/c1-4-26-20(25)13(2)27-21-23-22-14(3)24(21)19-12-11-16(15-9-10-15)17-7-5-6-8-18(17)19/h5-8,11-13,15H,4,9-10H2,1-3H3. The van der Waals surface area contributed by atoms with Gasteiger partial charge in [-0.3, -0.25) is 9.36 Å². The molecule has 6 heteroatoms. The second-order valence-electron chi connectivity index (χ2n) is 6.87. The molecule has 0 bridgehead atoms. The number of nitrogens with zero attached hydrogens (tertiary/aromatic N) is 3. The van der Waals surface area contributed by atoms with Crippen LogP contribution in [0.15, 0.2) is 41.6 Å². The van der Waals surface area contributed by atoms with Gasteiger partial charge in [0.15, 0.2) is 5.16 Å². The molecule has 1 aliphatic rings. The molecule has 4 rings (SSSR count). The topological polar surface area (TPSA) is 57.0 Å². The smallest absolute Gasteiger partial charge is 0.319 e. The second kappa shape index (κ2) is 7.35. The van der Waals surface area contributed by atoms with Gasteiger partial charge in [-0.2, -0.15) is 0 Å². The van der Waals surface area contributed by atoms with Gasteiger partial charge in [0, 0.05) is 5.39 Å². The fourth-order valence-corrected chi connectivity index (χ4v) is 4.32. The first-order valence-electron chi connectivity index (χ1n) is 9.37. The molecule has 5 nitrogen and oxygen atoms in total. The number of aromatic nitrogens is 3. The van der Waals surface area contributed by atoms with Gasteiger partial charge in [-0.05, 0) is 56.5 Å². The molecule has 1 saturated carbocycles. The first kappa shape index (κ1) is 18.0. The highest BCUT2D eigenvalue weighted by Crippen LogP contribution is 2.44. The number of hydrogen-bond donors (Lipinski definition) is 0. The fourth-order valence-electron chi connectivity index (χ4n) is 3.41. The maximum absolute atomic E-state index is 12.0. The average Bonchev–Trinajstić information content (AvgIpc) is 3.45. The number of ether oxygens (including phenoxy) is 1. The van der Waals surface area contributed by atoms with E-state index in [-0.39, 0.29) is 11.2 Å². The lowest BCUT2D eigenvalue weighted by molar-refractivity contribution is -0.142. The highest BCUT2D eigenvalue weighted by Gasteiger charge is 2.27. The summed E-state index contributed by atoms with van der Waals surface area (Å²) in [5.74, 6) is 1.25. The Labute approximate surface area is 163 Å². The number of fused-ring (bicyclic) bond motifs is 1. The molecule has 1 heterocycles. The fraction of sp³-hybridized carbons (Fsp3) is 0.381. The predicted octanol–water partition coefficient (Wildman–Crippen LogP) is 4.65. The van der Waals surface area contributed by atoms with Crippen molar-refractivity contribution in [3.8, 4) is 5.69 Å². The monoisotopic (exact) mass is 381 g/mol.